The summed E-state index contributed by atoms with van der Waals surface area (Å²) in [6.07, 6.45) is 7.95. The quantitative estimate of drug-likeness (QED) is 0.747. The Kier molecular flexibility index (Phi) is 6.11. The Bertz CT molecular complexity index is 815. The van der Waals surface area contributed by atoms with Crippen LogP contribution in [-0.2, 0) is 4.79 Å². The van der Waals surface area contributed by atoms with Gasteiger partial charge in [0.2, 0.25) is 0 Å². The predicted molar refractivity (Wildman–Crippen MR) is 110 cm³/mol. The number of nitrogens with zero attached hydrogens (tertiary/aromatic N) is 2. The molecule has 0 bridgehead atoms. The number of fused-ring (bicyclic) bond motifs is 1. The summed E-state index contributed by atoms with van der Waals surface area (Å²) in [6.45, 7) is 4.87. The van der Waals surface area contributed by atoms with Crippen LogP contribution in [0.3, 0.4) is 0 Å². The Morgan fingerprint density at radius 2 is 2.35 bits per heavy atom. The van der Waals surface area contributed by atoms with Crippen LogP contribution < -0.4 is 15.5 Å². The van der Waals surface area contributed by atoms with E-state index in [-0.39, 0.29) is 24.4 Å². The second-order valence-electron chi connectivity index (χ2n) is 6.58. The highest BCUT2D eigenvalue weighted by molar-refractivity contribution is 8.04. The number of carbonyl (C=O) groups is 1. The lowest BCUT2D eigenvalue weighted by Gasteiger charge is -2.28. The Hall–Kier alpha value is -1.70. The van der Waals surface area contributed by atoms with E-state index in [1.807, 2.05) is 24.7 Å². The molecule has 0 aliphatic carbocycles. The zero-order chi connectivity index (χ0) is 17.2. The molecule has 6 nitrogen and oxygen atoms in total. The van der Waals surface area contributed by atoms with Gasteiger partial charge in [-0.25, -0.2) is 4.98 Å². The molecule has 1 saturated heterocycles. The largest absolute Gasteiger partial charge is 0.348 e. The Morgan fingerprint density at radius 1 is 1.46 bits per heavy atom. The minimum absolute atomic E-state index is 0. The van der Waals surface area contributed by atoms with E-state index in [0.29, 0.717) is 0 Å². The molecule has 2 aromatic rings. The molecule has 1 atom stereocenters. The van der Waals surface area contributed by atoms with Crippen molar-refractivity contribution in [3.63, 3.8) is 0 Å². The molecule has 0 radical (unpaired) electrons. The van der Waals surface area contributed by atoms with Crippen molar-refractivity contribution < 1.29 is 4.79 Å². The van der Waals surface area contributed by atoms with E-state index in [2.05, 4.69) is 32.4 Å². The molecule has 0 spiro atoms. The van der Waals surface area contributed by atoms with Gasteiger partial charge in [0.25, 0.3) is 5.91 Å². The summed E-state index contributed by atoms with van der Waals surface area (Å²) in [5, 5.41) is 7.63. The topological polar surface area (TPSA) is 73.0 Å². The van der Waals surface area contributed by atoms with Crippen molar-refractivity contribution in [2.75, 3.05) is 30.3 Å². The average Bonchev–Trinajstić information content (AvgIpc) is 3.04. The lowest BCUT2D eigenvalue weighted by Crippen LogP contribution is -2.46. The number of carbonyl (C=O) groups excluding carboxylic acids is 1. The molecule has 0 aromatic carbocycles. The van der Waals surface area contributed by atoms with Crippen LogP contribution in [0, 0.1) is 6.92 Å². The van der Waals surface area contributed by atoms with Crippen LogP contribution in [0.2, 0.25) is 0 Å². The molecule has 3 N–H and O–H groups in total. The molecule has 8 heteroatoms. The van der Waals surface area contributed by atoms with Crippen molar-refractivity contribution in [1.29, 1.82) is 0 Å². The standard InChI is InChI=1S/C18H23N5OS.ClH/c1-12-9-21-17-16(12)14(4-6-20-17)23-7-8-25-15(11-23)18(24)22-13-3-2-5-19-10-13;/h4,6,9,11,13,19H,2-3,5,7-8,10H2,1H3,(H,20,21)(H,22,24);1H/t13-;/m0./s1. The third-order valence-electron chi connectivity index (χ3n) is 4.78. The number of nitrogens with one attached hydrogen (secondary N) is 3. The lowest BCUT2D eigenvalue weighted by atomic mass is 10.1. The normalized spacial score (nSPS) is 20.4. The average molecular weight is 394 g/mol. The van der Waals surface area contributed by atoms with Gasteiger partial charge in [-0.05, 0) is 37.9 Å². The summed E-state index contributed by atoms with van der Waals surface area (Å²) in [4.78, 5) is 23.2. The van der Waals surface area contributed by atoms with E-state index in [1.165, 1.54) is 5.56 Å². The number of thioether (sulfide) groups is 1. The van der Waals surface area contributed by atoms with Crippen molar-refractivity contribution in [3.8, 4) is 0 Å². The van der Waals surface area contributed by atoms with E-state index >= 15 is 0 Å². The number of halogens is 1. The fourth-order valence-corrected chi connectivity index (χ4v) is 4.38. The number of rotatable bonds is 3. The van der Waals surface area contributed by atoms with Gasteiger partial charge >= 0.3 is 0 Å². The van der Waals surface area contributed by atoms with Gasteiger partial charge in [-0.3, -0.25) is 4.79 Å². The van der Waals surface area contributed by atoms with Gasteiger partial charge in [0.1, 0.15) is 5.65 Å². The van der Waals surface area contributed by atoms with Crippen LogP contribution in [0.1, 0.15) is 18.4 Å². The molecule has 4 rings (SSSR count). The molecule has 0 unspecified atom stereocenters. The van der Waals surface area contributed by atoms with Gasteiger partial charge in [0.05, 0.1) is 10.6 Å². The first-order chi connectivity index (χ1) is 12.2. The zero-order valence-corrected chi connectivity index (χ0v) is 16.4. The summed E-state index contributed by atoms with van der Waals surface area (Å²) in [6, 6.07) is 2.26. The first-order valence-electron chi connectivity index (χ1n) is 8.78. The summed E-state index contributed by atoms with van der Waals surface area (Å²) >= 11 is 1.63. The number of anilines is 1. The zero-order valence-electron chi connectivity index (χ0n) is 14.7. The molecule has 2 aliphatic rings. The van der Waals surface area contributed by atoms with Crippen LogP contribution in [0.25, 0.3) is 11.0 Å². The number of aryl methyl sites for hydroxylation is 1. The van der Waals surface area contributed by atoms with Gasteiger partial charge in [0, 0.05) is 48.9 Å². The van der Waals surface area contributed by atoms with Gasteiger partial charge < -0.3 is 20.5 Å². The van der Waals surface area contributed by atoms with E-state index < -0.39 is 0 Å². The highest BCUT2D eigenvalue weighted by atomic mass is 35.5. The monoisotopic (exact) mass is 393 g/mol. The molecule has 26 heavy (non-hydrogen) atoms. The van der Waals surface area contributed by atoms with Crippen LogP contribution in [-0.4, -0.2) is 47.3 Å². The van der Waals surface area contributed by atoms with Crippen molar-refractivity contribution in [1.82, 2.24) is 20.6 Å². The van der Waals surface area contributed by atoms with Gasteiger partial charge in [-0.1, -0.05) is 0 Å². The molecular formula is C18H24ClN5OS. The second-order valence-corrected chi connectivity index (χ2v) is 7.71. The summed E-state index contributed by atoms with van der Waals surface area (Å²) < 4.78 is 0. The minimum Gasteiger partial charge on any atom is -0.348 e. The van der Waals surface area contributed by atoms with E-state index in [0.717, 1.165) is 59.9 Å². The number of aromatic amines is 1. The maximum atomic E-state index is 12.7. The number of H-pyrrole nitrogens is 1. The fourth-order valence-electron chi connectivity index (χ4n) is 3.48. The first-order valence-corrected chi connectivity index (χ1v) is 9.76. The van der Waals surface area contributed by atoms with Gasteiger partial charge in [-0.15, -0.1) is 24.2 Å². The number of aromatic nitrogens is 2. The van der Waals surface area contributed by atoms with Gasteiger partial charge in [0.15, 0.2) is 0 Å². The molecule has 0 saturated carbocycles. The first kappa shape index (κ1) is 19.1. The van der Waals surface area contributed by atoms with E-state index in [1.54, 1.807) is 11.8 Å². The highest BCUT2D eigenvalue weighted by Crippen LogP contribution is 2.32. The van der Waals surface area contributed by atoms with Crippen molar-refractivity contribution in [2.24, 2.45) is 0 Å². The van der Waals surface area contributed by atoms with Crippen LogP contribution in [0.15, 0.2) is 29.6 Å². The molecule has 140 valence electrons. The Balaban J connectivity index is 0.00000196. The van der Waals surface area contributed by atoms with Crippen molar-refractivity contribution in [2.45, 2.75) is 25.8 Å². The smallest absolute Gasteiger partial charge is 0.259 e. The minimum atomic E-state index is 0. The number of hydrogen-bond donors (Lipinski definition) is 3. The highest BCUT2D eigenvalue weighted by Gasteiger charge is 2.23. The summed E-state index contributed by atoms with van der Waals surface area (Å²) in [5.41, 5.74) is 3.17. The third kappa shape index (κ3) is 3.84. The number of piperidine rings is 1. The maximum absolute atomic E-state index is 12.7. The van der Waals surface area contributed by atoms with E-state index in [9.17, 15) is 4.79 Å². The van der Waals surface area contributed by atoms with Crippen molar-refractivity contribution in [3.05, 3.63) is 35.1 Å². The Labute approximate surface area is 163 Å². The van der Waals surface area contributed by atoms with E-state index in [4.69, 9.17) is 0 Å². The lowest BCUT2D eigenvalue weighted by molar-refractivity contribution is -0.117. The molecule has 4 heterocycles. The van der Waals surface area contributed by atoms with Crippen LogP contribution >= 0.6 is 24.2 Å². The Morgan fingerprint density at radius 3 is 3.15 bits per heavy atom. The van der Waals surface area contributed by atoms with Crippen LogP contribution in [0.4, 0.5) is 5.69 Å². The van der Waals surface area contributed by atoms with Crippen LogP contribution in [0.5, 0.6) is 0 Å². The fraction of sp³-hybridized carbons (Fsp3) is 0.444. The molecule has 2 aliphatic heterocycles. The SMILES string of the molecule is Cc1c[nH]c2nccc(N3C=C(C(=O)N[C@H]4CCCNC4)SCC3)c12.Cl. The van der Waals surface area contributed by atoms with Crippen molar-refractivity contribution >= 4 is 46.8 Å². The molecule has 1 fully saturated rings. The summed E-state index contributed by atoms with van der Waals surface area (Å²) in [5.74, 6) is 0.939. The summed E-state index contributed by atoms with van der Waals surface area (Å²) in [7, 11) is 0. The predicted octanol–water partition coefficient (Wildman–Crippen LogP) is 2.56. The second kappa shape index (κ2) is 8.33. The molecule has 1 amide bonds. The molecular weight excluding hydrogens is 370 g/mol. The van der Waals surface area contributed by atoms with Gasteiger partial charge in [-0.2, -0.15) is 0 Å². The number of amides is 1. The third-order valence-corrected chi connectivity index (χ3v) is 5.77. The maximum Gasteiger partial charge on any atom is 0.259 e. The number of pyridine rings is 1. The number of hydrogen-bond acceptors (Lipinski definition) is 5. The molecule has 2 aromatic heterocycles.